The Morgan fingerprint density at radius 2 is 2.08 bits per heavy atom. The predicted molar refractivity (Wildman–Crippen MR) is 96.0 cm³/mol. The van der Waals surface area contributed by atoms with Crippen molar-refractivity contribution in [3.8, 4) is 5.75 Å². The lowest BCUT2D eigenvalue weighted by atomic mass is 9.96. The van der Waals surface area contributed by atoms with Crippen molar-refractivity contribution in [1.82, 2.24) is 10.2 Å². The molecule has 1 aromatic carbocycles. The van der Waals surface area contributed by atoms with E-state index in [1.165, 1.54) is 6.07 Å². The number of phenolic OH excluding ortho intramolecular Hbond substituents is 1. The van der Waals surface area contributed by atoms with Crippen LogP contribution in [0, 0.1) is 13.8 Å². The van der Waals surface area contributed by atoms with Crippen LogP contribution < -0.4 is 10.7 Å². The predicted octanol–water partition coefficient (Wildman–Crippen LogP) is 3.37. The van der Waals surface area contributed by atoms with Gasteiger partial charge in [0, 0.05) is 24.2 Å². The van der Waals surface area contributed by atoms with E-state index in [1.54, 1.807) is 24.8 Å². The van der Waals surface area contributed by atoms with E-state index in [9.17, 15) is 14.7 Å². The van der Waals surface area contributed by atoms with Gasteiger partial charge in [0.05, 0.1) is 11.4 Å². The molecule has 2 N–H and O–H groups in total. The highest BCUT2D eigenvalue weighted by Gasteiger charge is 2.32. The summed E-state index contributed by atoms with van der Waals surface area (Å²) in [5.41, 5.74) is 1.35. The van der Waals surface area contributed by atoms with Crippen molar-refractivity contribution in [1.29, 1.82) is 0 Å². The largest absolute Gasteiger partial charge is 0.508 e. The maximum atomic E-state index is 12.8. The van der Waals surface area contributed by atoms with Crippen molar-refractivity contribution >= 4 is 17.0 Å². The van der Waals surface area contributed by atoms with Gasteiger partial charge in [-0.15, -0.1) is 0 Å². The number of aryl methyl sites for hydroxylation is 1. The van der Waals surface area contributed by atoms with Crippen LogP contribution in [-0.2, 0) is 0 Å². The van der Waals surface area contributed by atoms with E-state index in [0.29, 0.717) is 40.9 Å². The third kappa shape index (κ3) is 2.97. The standard InChI is InChI=1S/C19H24N2O4/c1-4-20-19(24)21-10-6-5-7-14(21)18-12(3)16(23)13-8-9-15(22)11(2)17(13)25-18/h8-9,14,22H,4-7,10H2,1-3H3,(H,20,24). The van der Waals surface area contributed by atoms with Gasteiger partial charge in [0.2, 0.25) is 0 Å². The second-order valence-corrected chi connectivity index (χ2v) is 6.55. The average Bonchev–Trinajstić information content (AvgIpc) is 2.61. The zero-order valence-electron chi connectivity index (χ0n) is 14.9. The first-order valence-corrected chi connectivity index (χ1v) is 8.76. The Morgan fingerprint density at radius 1 is 1.32 bits per heavy atom. The minimum atomic E-state index is -0.265. The Hall–Kier alpha value is -2.50. The number of likely N-dealkylation sites (tertiary alicyclic amines) is 1. The monoisotopic (exact) mass is 344 g/mol. The number of phenols is 1. The van der Waals surface area contributed by atoms with Crippen LogP contribution in [0.4, 0.5) is 4.79 Å². The molecule has 2 heterocycles. The SMILES string of the molecule is CCNC(=O)N1CCCCC1c1oc2c(C)c(O)ccc2c(=O)c1C. The molecule has 1 atom stereocenters. The third-order valence-corrected chi connectivity index (χ3v) is 4.94. The van der Waals surface area contributed by atoms with Crippen molar-refractivity contribution in [2.75, 3.05) is 13.1 Å². The molecule has 134 valence electrons. The van der Waals surface area contributed by atoms with Gasteiger partial charge in [-0.25, -0.2) is 4.79 Å². The zero-order chi connectivity index (χ0) is 18.1. The highest BCUT2D eigenvalue weighted by Crippen LogP contribution is 2.35. The van der Waals surface area contributed by atoms with Crippen LogP contribution in [0.3, 0.4) is 0 Å². The maximum Gasteiger partial charge on any atom is 0.318 e. The Bertz CT molecular complexity index is 872. The number of aromatic hydroxyl groups is 1. The molecule has 6 nitrogen and oxygen atoms in total. The van der Waals surface area contributed by atoms with Gasteiger partial charge in [-0.1, -0.05) is 0 Å². The highest BCUT2D eigenvalue weighted by atomic mass is 16.3. The molecule has 1 aliphatic rings. The number of hydrogen-bond acceptors (Lipinski definition) is 4. The summed E-state index contributed by atoms with van der Waals surface area (Å²) in [6.45, 7) is 6.53. The number of benzene rings is 1. The molecule has 3 rings (SSSR count). The van der Waals surface area contributed by atoms with E-state index < -0.39 is 0 Å². The van der Waals surface area contributed by atoms with Crippen LogP contribution >= 0.6 is 0 Å². The first kappa shape index (κ1) is 17.3. The van der Waals surface area contributed by atoms with E-state index in [4.69, 9.17) is 4.42 Å². The first-order valence-electron chi connectivity index (χ1n) is 8.76. The number of urea groups is 1. The number of nitrogens with one attached hydrogen (secondary N) is 1. The number of carbonyl (C=O) groups is 1. The molecule has 2 amide bonds. The van der Waals surface area contributed by atoms with Crippen LogP contribution in [0.25, 0.3) is 11.0 Å². The Labute approximate surface area is 146 Å². The minimum absolute atomic E-state index is 0.0923. The van der Waals surface area contributed by atoms with E-state index >= 15 is 0 Å². The quantitative estimate of drug-likeness (QED) is 0.875. The molecule has 0 aliphatic carbocycles. The minimum Gasteiger partial charge on any atom is -0.508 e. The smallest absolute Gasteiger partial charge is 0.318 e. The fraction of sp³-hybridized carbons (Fsp3) is 0.474. The highest BCUT2D eigenvalue weighted by molar-refractivity contribution is 5.82. The molecule has 0 bridgehead atoms. The van der Waals surface area contributed by atoms with Gasteiger partial charge in [-0.2, -0.15) is 0 Å². The van der Waals surface area contributed by atoms with Gasteiger partial charge in [0.25, 0.3) is 0 Å². The molecule has 0 radical (unpaired) electrons. The number of hydrogen-bond donors (Lipinski definition) is 2. The fourth-order valence-electron chi connectivity index (χ4n) is 3.51. The molecule has 6 heteroatoms. The second-order valence-electron chi connectivity index (χ2n) is 6.55. The van der Waals surface area contributed by atoms with Crippen LogP contribution in [0.2, 0.25) is 0 Å². The molecule has 0 saturated carbocycles. The maximum absolute atomic E-state index is 12.8. The van der Waals surface area contributed by atoms with Crippen LogP contribution in [-0.4, -0.2) is 29.1 Å². The average molecular weight is 344 g/mol. The second kappa shape index (κ2) is 6.78. The molecular formula is C19H24N2O4. The Kier molecular flexibility index (Phi) is 4.70. The summed E-state index contributed by atoms with van der Waals surface area (Å²) in [5, 5.41) is 13.2. The van der Waals surface area contributed by atoms with Crippen molar-refractivity contribution < 1.29 is 14.3 Å². The van der Waals surface area contributed by atoms with Gasteiger partial charge in [0.15, 0.2) is 5.43 Å². The van der Waals surface area contributed by atoms with Gasteiger partial charge < -0.3 is 19.7 Å². The number of fused-ring (bicyclic) bond motifs is 1. The molecule has 1 saturated heterocycles. The molecule has 25 heavy (non-hydrogen) atoms. The molecular weight excluding hydrogens is 320 g/mol. The zero-order valence-corrected chi connectivity index (χ0v) is 14.9. The van der Waals surface area contributed by atoms with Gasteiger partial charge in [-0.3, -0.25) is 4.79 Å². The molecule has 1 aliphatic heterocycles. The third-order valence-electron chi connectivity index (χ3n) is 4.94. The van der Waals surface area contributed by atoms with Crippen molar-refractivity contribution in [3.63, 3.8) is 0 Å². The molecule has 0 spiro atoms. The molecule has 1 unspecified atom stereocenters. The van der Waals surface area contributed by atoms with Crippen molar-refractivity contribution in [3.05, 3.63) is 39.2 Å². The topological polar surface area (TPSA) is 82.8 Å². The van der Waals surface area contributed by atoms with Gasteiger partial charge in [0.1, 0.15) is 17.1 Å². The summed E-state index contributed by atoms with van der Waals surface area (Å²) in [7, 11) is 0. The van der Waals surface area contributed by atoms with E-state index in [2.05, 4.69) is 5.32 Å². The van der Waals surface area contributed by atoms with Crippen LogP contribution in [0.5, 0.6) is 5.75 Å². The van der Waals surface area contributed by atoms with Gasteiger partial charge in [-0.05, 0) is 52.2 Å². The number of carbonyl (C=O) groups excluding carboxylic acids is 1. The summed E-state index contributed by atoms with van der Waals surface area (Å²) in [6, 6.07) is 2.69. The fourth-order valence-corrected chi connectivity index (χ4v) is 3.51. The summed E-state index contributed by atoms with van der Waals surface area (Å²) >= 11 is 0. The molecule has 1 aromatic heterocycles. The lowest BCUT2D eigenvalue weighted by molar-refractivity contribution is 0.140. The lowest BCUT2D eigenvalue weighted by Gasteiger charge is -2.35. The van der Waals surface area contributed by atoms with Gasteiger partial charge >= 0.3 is 6.03 Å². The van der Waals surface area contributed by atoms with E-state index in [1.807, 2.05) is 6.92 Å². The Balaban J connectivity index is 2.16. The van der Waals surface area contributed by atoms with Crippen molar-refractivity contribution in [2.24, 2.45) is 0 Å². The number of rotatable bonds is 2. The van der Waals surface area contributed by atoms with E-state index in [-0.39, 0.29) is 23.3 Å². The molecule has 2 aromatic rings. The Morgan fingerprint density at radius 3 is 2.80 bits per heavy atom. The first-order chi connectivity index (χ1) is 12.0. The van der Waals surface area contributed by atoms with E-state index in [0.717, 1.165) is 19.3 Å². The summed E-state index contributed by atoms with van der Waals surface area (Å²) in [4.78, 5) is 27.0. The summed E-state index contributed by atoms with van der Waals surface area (Å²) < 4.78 is 6.10. The molecule has 1 fully saturated rings. The van der Waals surface area contributed by atoms with Crippen molar-refractivity contribution in [2.45, 2.75) is 46.1 Å². The summed E-state index contributed by atoms with van der Waals surface area (Å²) in [5.74, 6) is 0.617. The number of amides is 2. The summed E-state index contributed by atoms with van der Waals surface area (Å²) in [6.07, 6.45) is 2.66. The van der Waals surface area contributed by atoms with Crippen LogP contribution in [0.15, 0.2) is 21.3 Å². The van der Waals surface area contributed by atoms with Crippen LogP contribution in [0.1, 0.15) is 49.1 Å². The lowest BCUT2D eigenvalue weighted by Crippen LogP contribution is -2.45. The number of nitrogens with zero attached hydrogens (tertiary/aromatic N) is 1. The normalized spacial score (nSPS) is 17.7. The number of piperidine rings is 1.